The van der Waals surface area contributed by atoms with Crippen molar-refractivity contribution < 1.29 is 4.21 Å². The van der Waals surface area contributed by atoms with E-state index in [1.54, 1.807) is 17.6 Å². The van der Waals surface area contributed by atoms with Crippen LogP contribution in [0, 0.1) is 13.8 Å². The predicted octanol–water partition coefficient (Wildman–Crippen LogP) is 2.18. The van der Waals surface area contributed by atoms with Crippen LogP contribution in [0.15, 0.2) is 0 Å². The topological polar surface area (TPSA) is 42.0 Å². The van der Waals surface area contributed by atoms with E-state index < -0.39 is 10.8 Å². The fraction of sp³-hybridized carbons (Fsp3) is 0.727. The SMILES string of the molecule is Cc1nc(C)c(C(C)NCCCS(C)=O)s1. The van der Waals surface area contributed by atoms with Crippen molar-refractivity contribution in [1.29, 1.82) is 0 Å². The number of hydrogen-bond acceptors (Lipinski definition) is 4. The van der Waals surface area contributed by atoms with Crippen LogP contribution in [-0.4, -0.2) is 27.7 Å². The van der Waals surface area contributed by atoms with Crippen molar-refractivity contribution in [3.8, 4) is 0 Å². The number of aromatic nitrogens is 1. The molecule has 0 aliphatic rings. The summed E-state index contributed by atoms with van der Waals surface area (Å²) in [5.74, 6) is 0.778. The molecule has 1 heterocycles. The average molecular weight is 260 g/mol. The molecule has 1 aromatic heterocycles. The van der Waals surface area contributed by atoms with Crippen LogP contribution in [0.1, 0.15) is 35.0 Å². The number of nitrogens with zero attached hydrogens (tertiary/aromatic N) is 1. The zero-order valence-corrected chi connectivity index (χ0v) is 12.0. The number of thiazole rings is 1. The van der Waals surface area contributed by atoms with Crippen molar-refractivity contribution in [2.75, 3.05) is 18.6 Å². The molecule has 0 saturated heterocycles. The Balaban J connectivity index is 2.38. The van der Waals surface area contributed by atoms with Crippen LogP contribution in [-0.2, 0) is 10.8 Å². The van der Waals surface area contributed by atoms with E-state index in [2.05, 4.69) is 24.1 Å². The van der Waals surface area contributed by atoms with Gasteiger partial charge in [0.05, 0.1) is 10.7 Å². The van der Waals surface area contributed by atoms with Gasteiger partial charge in [-0.1, -0.05) is 0 Å². The Kier molecular flexibility index (Phi) is 5.58. The monoisotopic (exact) mass is 260 g/mol. The second-order valence-corrected chi connectivity index (χ2v) is 6.78. The van der Waals surface area contributed by atoms with Crippen molar-refractivity contribution in [3.63, 3.8) is 0 Å². The summed E-state index contributed by atoms with van der Waals surface area (Å²) in [7, 11) is -0.675. The maximum absolute atomic E-state index is 10.9. The van der Waals surface area contributed by atoms with Crippen molar-refractivity contribution in [3.05, 3.63) is 15.6 Å². The second kappa shape index (κ2) is 6.47. The second-order valence-electron chi connectivity index (χ2n) is 3.99. The molecule has 0 aromatic carbocycles. The zero-order chi connectivity index (χ0) is 12.1. The highest BCUT2D eigenvalue weighted by Crippen LogP contribution is 2.24. The van der Waals surface area contributed by atoms with E-state index in [4.69, 9.17) is 0 Å². The van der Waals surface area contributed by atoms with E-state index in [9.17, 15) is 4.21 Å². The standard InChI is InChI=1S/C11H20N2OS2/c1-8(12-6-5-7-16(4)14)11-9(2)13-10(3)15-11/h8,12H,5-7H2,1-4H3. The van der Waals surface area contributed by atoms with Gasteiger partial charge in [-0.15, -0.1) is 11.3 Å². The number of hydrogen-bond donors (Lipinski definition) is 1. The lowest BCUT2D eigenvalue weighted by molar-refractivity contribution is 0.575. The zero-order valence-electron chi connectivity index (χ0n) is 10.4. The first-order valence-electron chi connectivity index (χ1n) is 5.48. The van der Waals surface area contributed by atoms with Crippen molar-refractivity contribution >= 4 is 22.1 Å². The number of rotatable bonds is 6. The van der Waals surface area contributed by atoms with Gasteiger partial charge in [-0.3, -0.25) is 4.21 Å². The molecular weight excluding hydrogens is 240 g/mol. The lowest BCUT2D eigenvalue weighted by Crippen LogP contribution is -2.21. The molecule has 5 heteroatoms. The highest BCUT2D eigenvalue weighted by atomic mass is 32.2. The summed E-state index contributed by atoms with van der Waals surface area (Å²) in [5.41, 5.74) is 1.13. The van der Waals surface area contributed by atoms with Gasteiger partial charge in [0.1, 0.15) is 0 Å². The molecule has 2 atom stereocenters. The molecule has 3 nitrogen and oxygen atoms in total. The molecule has 0 saturated carbocycles. The summed E-state index contributed by atoms with van der Waals surface area (Å²) >= 11 is 1.75. The van der Waals surface area contributed by atoms with Gasteiger partial charge in [0, 0.05) is 33.7 Å². The third-order valence-corrected chi connectivity index (χ3v) is 4.51. The maximum atomic E-state index is 10.9. The molecule has 0 radical (unpaired) electrons. The lowest BCUT2D eigenvalue weighted by atomic mass is 10.2. The highest BCUT2D eigenvalue weighted by molar-refractivity contribution is 7.84. The molecule has 0 fully saturated rings. The van der Waals surface area contributed by atoms with Gasteiger partial charge in [-0.25, -0.2) is 4.98 Å². The Morgan fingerprint density at radius 3 is 2.69 bits per heavy atom. The average Bonchev–Trinajstić information content (AvgIpc) is 2.52. The Labute approximate surface area is 104 Å². The Bertz CT molecular complexity index is 363. The normalized spacial score (nSPS) is 15.0. The molecule has 1 aromatic rings. The largest absolute Gasteiger partial charge is 0.309 e. The maximum Gasteiger partial charge on any atom is 0.0900 e. The third-order valence-electron chi connectivity index (χ3n) is 2.39. The minimum Gasteiger partial charge on any atom is -0.309 e. The summed E-state index contributed by atoms with van der Waals surface area (Å²) in [4.78, 5) is 5.73. The van der Waals surface area contributed by atoms with Crippen LogP contribution >= 0.6 is 11.3 Å². The summed E-state index contributed by atoms with van der Waals surface area (Å²) in [6.45, 7) is 7.16. The van der Waals surface area contributed by atoms with E-state index >= 15 is 0 Å². The smallest absolute Gasteiger partial charge is 0.0900 e. The van der Waals surface area contributed by atoms with E-state index in [1.165, 1.54) is 4.88 Å². The highest BCUT2D eigenvalue weighted by Gasteiger charge is 2.11. The Hall–Kier alpha value is -0.260. The first-order valence-corrected chi connectivity index (χ1v) is 8.02. The van der Waals surface area contributed by atoms with Gasteiger partial charge >= 0.3 is 0 Å². The molecule has 1 rings (SSSR count). The molecule has 0 amide bonds. The molecule has 0 bridgehead atoms. The summed E-state index contributed by atoms with van der Waals surface area (Å²) in [5, 5.41) is 4.57. The first kappa shape index (κ1) is 13.8. The molecule has 1 N–H and O–H groups in total. The number of aryl methyl sites for hydroxylation is 2. The molecule has 92 valence electrons. The quantitative estimate of drug-likeness (QED) is 0.797. The van der Waals surface area contributed by atoms with E-state index in [-0.39, 0.29) is 0 Å². The summed E-state index contributed by atoms with van der Waals surface area (Å²) < 4.78 is 10.9. The molecular formula is C11H20N2OS2. The van der Waals surface area contributed by atoms with Crippen LogP contribution < -0.4 is 5.32 Å². The van der Waals surface area contributed by atoms with Crippen LogP contribution in [0.3, 0.4) is 0 Å². The predicted molar refractivity (Wildman–Crippen MR) is 71.6 cm³/mol. The van der Waals surface area contributed by atoms with Gasteiger partial charge < -0.3 is 5.32 Å². The van der Waals surface area contributed by atoms with E-state index in [0.717, 1.165) is 29.4 Å². The Morgan fingerprint density at radius 1 is 1.50 bits per heavy atom. The third kappa shape index (κ3) is 4.31. The molecule has 16 heavy (non-hydrogen) atoms. The summed E-state index contributed by atoms with van der Waals surface area (Å²) in [6.07, 6.45) is 2.71. The number of nitrogens with one attached hydrogen (secondary N) is 1. The lowest BCUT2D eigenvalue weighted by Gasteiger charge is -2.12. The molecule has 0 spiro atoms. The van der Waals surface area contributed by atoms with Gasteiger partial charge in [0.15, 0.2) is 0 Å². The molecule has 0 aliphatic carbocycles. The van der Waals surface area contributed by atoms with Crippen molar-refractivity contribution in [2.45, 2.75) is 33.2 Å². The first-order chi connectivity index (χ1) is 7.50. The molecule has 0 aliphatic heterocycles. The van der Waals surface area contributed by atoms with Crippen molar-refractivity contribution in [1.82, 2.24) is 10.3 Å². The van der Waals surface area contributed by atoms with Gasteiger partial charge in [0.25, 0.3) is 0 Å². The summed E-state index contributed by atoms with van der Waals surface area (Å²) in [6, 6.07) is 0.344. The van der Waals surface area contributed by atoms with Crippen molar-refractivity contribution in [2.24, 2.45) is 0 Å². The van der Waals surface area contributed by atoms with Crippen LogP contribution in [0.5, 0.6) is 0 Å². The Morgan fingerprint density at radius 2 is 2.19 bits per heavy atom. The molecule has 2 unspecified atom stereocenters. The van der Waals surface area contributed by atoms with Gasteiger partial charge in [-0.05, 0) is 33.7 Å². The van der Waals surface area contributed by atoms with Gasteiger partial charge in [0.2, 0.25) is 0 Å². The minimum atomic E-state index is -0.675. The van der Waals surface area contributed by atoms with Crippen LogP contribution in [0.4, 0.5) is 0 Å². The van der Waals surface area contributed by atoms with E-state index in [0.29, 0.717) is 6.04 Å². The van der Waals surface area contributed by atoms with Crippen LogP contribution in [0.25, 0.3) is 0 Å². The minimum absolute atomic E-state index is 0.344. The van der Waals surface area contributed by atoms with Crippen LogP contribution in [0.2, 0.25) is 0 Å². The fourth-order valence-corrected chi connectivity index (χ4v) is 3.14. The van der Waals surface area contributed by atoms with Gasteiger partial charge in [-0.2, -0.15) is 0 Å². The fourth-order valence-electron chi connectivity index (χ4n) is 1.64. The van der Waals surface area contributed by atoms with E-state index in [1.807, 2.05) is 6.92 Å².